The number of halogens is 1. The van der Waals surface area contributed by atoms with Gasteiger partial charge in [-0.3, -0.25) is 4.98 Å². The molecule has 0 radical (unpaired) electrons. The van der Waals surface area contributed by atoms with Crippen LogP contribution in [0.1, 0.15) is 5.56 Å². The lowest BCUT2D eigenvalue weighted by Crippen LogP contribution is -2.07. The number of nitrogens with zero attached hydrogens (tertiary/aromatic N) is 3. The van der Waals surface area contributed by atoms with Gasteiger partial charge in [-0.1, -0.05) is 36.4 Å². The lowest BCUT2D eigenvalue weighted by Gasteiger charge is -2.10. The number of nitrogens with one attached hydrogen (secondary N) is 1. The number of thiophene rings is 1. The maximum Gasteiger partial charge on any atom is 0.138 e. The summed E-state index contributed by atoms with van der Waals surface area (Å²) in [5.74, 6) is 0.551. The molecule has 0 unspecified atom stereocenters. The number of pyridine rings is 1. The Morgan fingerprint density at radius 1 is 0.931 bits per heavy atom. The Bertz CT molecular complexity index is 1290. The van der Waals surface area contributed by atoms with Gasteiger partial charge in [-0.15, -0.1) is 11.3 Å². The summed E-state index contributed by atoms with van der Waals surface area (Å²) in [4.78, 5) is 14.3. The smallest absolute Gasteiger partial charge is 0.138 e. The molecule has 142 valence electrons. The van der Waals surface area contributed by atoms with E-state index in [1.807, 2.05) is 17.6 Å². The van der Waals surface area contributed by atoms with Crippen molar-refractivity contribution in [2.75, 3.05) is 11.9 Å². The minimum absolute atomic E-state index is 0.244. The summed E-state index contributed by atoms with van der Waals surface area (Å²) in [6.07, 6.45) is 4.23. The molecule has 0 saturated heterocycles. The third-order valence-corrected chi connectivity index (χ3v) is 5.81. The van der Waals surface area contributed by atoms with E-state index < -0.39 is 0 Å². The summed E-state index contributed by atoms with van der Waals surface area (Å²) in [6, 6.07) is 16.8. The van der Waals surface area contributed by atoms with Crippen LogP contribution in [0.4, 0.5) is 10.2 Å². The van der Waals surface area contributed by atoms with E-state index in [0.29, 0.717) is 0 Å². The molecule has 1 N–H and O–H groups in total. The van der Waals surface area contributed by atoms with E-state index in [1.165, 1.54) is 17.7 Å². The van der Waals surface area contributed by atoms with Crippen LogP contribution in [0.5, 0.6) is 0 Å². The molecule has 3 heterocycles. The number of anilines is 1. The number of hydrogen-bond acceptors (Lipinski definition) is 5. The maximum absolute atomic E-state index is 13.3. The van der Waals surface area contributed by atoms with Crippen LogP contribution in [0.2, 0.25) is 0 Å². The molecule has 0 aliphatic rings. The van der Waals surface area contributed by atoms with Gasteiger partial charge < -0.3 is 5.32 Å². The van der Waals surface area contributed by atoms with Gasteiger partial charge in [0.05, 0.1) is 10.9 Å². The molecule has 0 atom stereocenters. The third-order valence-electron chi connectivity index (χ3n) is 4.93. The molecule has 6 heteroatoms. The molecular formula is C23H17FN4S. The highest BCUT2D eigenvalue weighted by molar-refractivity contribution is 7.17. The molecule has 5 aromatic rings. The summed E-state index contributed by atoms with van der Waals surface area (Å²) >= 11 is 1.56. The average molecular weight is 400 g/mol. The second-order valence-corrected chi connectivity index (χ2v) is 7.59. The Balaban J connectivity index is 1.43. The van der Waals surface area contributed by atoms with Crippen molar-refractivity contribution in [1.29, 1.82) is 0 Å². The van der Waals surface area contributed by atoms with Crippen molar-refractivity contribution in [1.82, 2.24) is 15.0 Å². The number of benzene rings is 2. The minimum atomic E-state index is -0.244. The molecule has 0 saturated carbocycles. The molecule has 29 heavy (non-hydrogen) atoms. The number of hydrogen-bond donors (Lipinski definition) is 1. The van der Waals surface area contributed by atoms with Gasteiger partial charge in [-0.2, -0.15) is 0 Å². The van der Waals surface area contributed by atoms with Crippen LogP contribution in [0.25, 0.3) is 32.2 Å². The van der Waals surface area contributed by atoms with Crippen molar-refractivity contribution < 1.29 is 4.39 Å². The molecule has 0 aliphatic carbocycles. The first kappa shape index (κ1) is 17.7. The van der Waals surface area contributed by atoms with E-state index in [4.69, 9.17) is 0 Å². The fourth-order valence-corrected chi connectivity index (χ4v) is 4.45. The van der Waals surface area contributed by atoms with E-state index in [1.54, 1.807) is 29.8 Å². The van der Waals surface area contributed by atoms with Crippen LogP contribution in [-0.4, -0.2) is 21.5 Å². The minimum Gasteiger partial charge on any atom is -0.369 e. The standard InChI is InChI=1S/C23H17FN4S/c24-18-8-6-15(7-9-18)19-13-29-23-20(19)22(27-14-28-23)26-12-10-17-4-1-3-16-5-2-11-25-21(16)17/h1-9,11,13-14H,10,12H2,(H,26,27,28). The fraction of sp³-hybridized carbons (Fsp3) is 0.0870. The van der Waals surface area contributed by atoms with Crippen LogP contribution >= 0.6 is 11.3 Å². The predicted molar refractivity (Wildman–Crippen MR) is 117 cm³/mol. The third kappa shape index (κ3) is 3.43. The zero-order valence-corrected chi connectivity index (χ0v) is 16.3. The maximum atomic E-state index is 13.3. The summed E-state index contributed by atoms with van der Waals surface area (Å²) in [7, 11) is 0. The molecule has 0 spiro atoms. The van der Waals surface area contributed by atoms with E-state index in [9.17, 15) is 4.39 Å². The second-order valence-electron chi connectivity index (χ2n) is 6.73. The zero-order valence-electron chi connectivity index (χ0n) is 15.5. The van der Waals surface area contributed by atoms with E-state index in [-0.39, 0.29) is 5.82 Å². The van der Waals surface area contributed by atoms with Crippen molar-refractivity contribution >= 4 is 38.3 Å². The van der Waals surface area contributed by atoms with E-state index in [0.717, 1.165) is 51.0 Å². The molecule has 0 amide bonds. The molecule has 3 aromatic heterocycles. The molecular weight excluding hydrogens is 383 g/mol. The molecule has 0 bridgehead atoms. The number of fused-ring (bicyclic) bond motifs is 2. The first-order valence-corrected chi connectivity index (χ1v) is 10.2. The SMILES string of the molecule is Fc1ccc(-c2csc3ncnc(NCCc4cccc5cccnc45)c23)cc1. The van der Waals surface area contributed by atoms with Gasteiger partial charge in [0.1, 0.15) is 22.8 Å². The monoisotopic (exact) mass is 400 g/mol. The number of aromatic nitrogens is 3. The highest BCUT2D eigenvalue weighted by Crippen LogP contribution is 2.36. The number of rotatable bonds is 5. The first-order valence-electron chi connectivity index (χ1n) is 9.34. The van der Waals surface area contributed by atoms with Crippen LogP contribution in [0.3, 0.4) is 0 Å². The van der Waals surface area contributed by atoms with E-state index in [2.05, 4.69) is 44.5 Å². The van der Waals surface area contributed by atoms with Crippen molar-refractivity contribution in [2.24, 2.45) is 0 Å². The topological polar surface area (TPSA) is 50.7 Å². The first-order chi connectivity index (χ1) is 14.3. The average Bonchev–Trinajstić information content (AvgIpc) is 3.20. The van der Waals surface area contributed by atoms with Crippen molar-refractivity contribution in [3.8, 4) is 11.1 Å². The Morgan fingerprint density at radius 3 is 2.69 bits per heavy atom. The van der Waals surface area contributed by atoms with Crippen molar-refractivity contribution in [2.45, 2.75) is 6.42 Å². The Kier molecular flexibility index (Phi) is 4.62. The van der Waals surface area contributed by atoms with Crippen LogP contribution < -0.4 is 5.32 Å². The molecule has 2 aromatic carbocycles. The van der Waals surface area contributed by atoms with Crippen LogP contribution in [-0.2, 0) is 6.42 Å². The summed E-state index contributed by atoms with van der Waals surface area (Å²) in [6.45, 7) is 0.723. The van der Waals surface area contributed by atoms with E-state index >= 15 is 0 Å². The largest absolute Gasteiger partial charge is 0.369 e. The van der Waals surface area contributed by atoms with Gasteiger partial charge in [-0.25, -0.2) is 14.4 Å². The Morgan fingerprint density at radius 2 is 1.79 bits per heavy atom. The summed E-state index contributed by atoms with van der Waals surface area (Å²) in [5, 5.41) is 7.63. The van der Waals surface area contributed by atoms with Crippen LogP contribution in [0, 0.1) is 5.82 Å². The molecule has 5 rings (SSSR count). The lowest BCUT2D eigenvalue weighted by atomic mass is 10.1. The van der Waals surface area contributed by atoms with Gasteiger partial charge in [0.25, 0.3) is 0 Å². The zero-order chi connectivity index (χ0) is 19.6. The van der Waals surface area contributed by atoms with Crippen molar-refractivity contribution in [3.63, 3.8) is 0 Å². The van der Waals surface area contributed by atoms with Gasteiger partial charge >= 0.3 is 0 Å². The van der Waals surface area contributed by atoms with Crippen molar-refractivity contribution in [3.05, 3.63) is 83.9 Å². The normalized spacial score (nSPS) is 11.2. The Labute approximate surface area is 171 Å². The predicted octanol–water partition coefficient (Wildman–Crippen LogP) is 5.70. The van der Waals surface area contributed by atoms with Gasteiger partial charge in [0, 0.05) is 29.1 Å². The molecule has 0 fully saturated rings. The lowest BCUT2D eigenvalue weighted by molar-refractivity contribution is 0.628. The van der Waals surface area contributed by atoms with Gasteiger partial charge in [0.2, 0.25) is 0 Å². The highest BCUT2D eigenvalue weighted by Gasteiger charge is 2.13. The molecule has 4 nitrogen and oxygen atoms in total. The highest BCUT2D eigenvalue weighted by atomic mass is 32.1. The fourth-order valence-electron chi connectivity index (χ4n) is 3.54. The summed E-state index contributed by atoms with van der Waals surface area (Å²) < 4.78 is 13.3. The summed E-state index contributed by atoms with van der Waals surface area (Å²) in [5.41, 5.74) is 4.20. The molecule has 0 aliphatic heterocycles. The van der Waals surface area contributed by atoms with Gasteiger partial charge in [0.15, 0.2) is 0 Å². The Hall–Kier alpha value is -3.38. The second kappa shape index (κ2) is 7.56. The number of para-hydroxylation sites is 1. The quantitative estimate of drug-likeness (QED) is 0.411. The van der Waals surface area contributed by atoms with Crippen LogP contribution in [0.15, 0.2) is 72.5 Å². The van der Waals surface area contributed by atoms with Gasteiger partial charge in [-0.05, 0) is 35.7 Å².